The Kier molecular flexibility index (Phi) is 6.21. The maximum absolute atomic E-state index is 13.1. The third kappa shape index (κ3) is 5.67. The average molecular weight is 396 g/mol. The van der Waals surface area contributed by atoms with Gasteiger partial charge in [0.15, 0.2) is 11.5 Å². The Balaban J connectivity index is 1.55. The lowest BCUT2D eigenvalue weighted by atomic mass is 10.2. The van der Waals surface area contributed by atoms with Gasteiger partial charge in [0.2, 0.25) is 0 Å². The molecule has 0 aliphatic heterocycles. The molecule has 0 atom stereocenters. The molecule has 0 unspecified atom stereocenters. The minimum Gasteiger partial charge on any atom is -0.446 e. The summed E-state index contributed by atoms with van der Waals surface area (Å²) in [6.45, 7) is 0. The molecule has 29 heavy (non-hydrogen) atoms. The van der Waals surface area contributed by atoms with Gasteiger partial charge in [0, 0.05) is 0 Å². The predicted octanol–water partition coefficient (Wildman–Crippen LogP) is 3.09. The van der Waals surface area contributed by atoms with Gasteiger partial charge in [0.05, 0.1) is 12.4 Å². The van der Waals surface area contributed by atoms with Gasteiger partial charge in [-0.15, -0.1) is 0 Å². The highest BCUT2D eigenvalue weighted by molar-refractivity contribution is 5.96. The van der Waals surface area contributed by atoms with E-state index in [1.54, 1.807) is 12.1 Å². The number of carbonyl (C=O) groups is 2. The van der Waals surface area contributed by atoms with E-state index < -0.39 is 23.4 Å². The topological polar surface area (TPSA) is 96.1 Å². The van der Waals surface area contributed by atoms with Crippen molar-refractivity contribution in [1.82, 2.24) is 10.9 Å². The summed E-state index contributed by atoms with van der Waals surface area (Å²) in [5, 5.41) is 7.39. The van der Waals surface area contributed by atoms with Crippen molar-refractivity contribution in [1.29, 1.82) is 0 Å². The number of nitrogens with zero attached hydrogens (tertiary/aromatic N) is 2. The second-order valence-electron chi connectivity index (χ2n) is 5.67. The number of benzene rings is 2. The molecule has 146 valence electrons. The molecule has 2 aromatic carbocycles. The molecule has 0 saturated heterocycles. The lowest BCUT2D eigenvalue weighted by Crippen LogP contribution is -2.18. The fourth-order valence-electron chi connectivity index (χ4n) is 2.20. The standard InChI is InChI=1S/C20H14F2N4O3/c21-15-5-1-3-13(9-15)11-23-25-19(27)17-7-8-18(29-17)20(28)26-24-12-14-4-2-6-16(22)10-14/h1-12H,(H,25,27)(H,26,28)/b23-11+,24-12+. The van der Waals surface area contributed by atoms with Crippen molar-refractivity contribution < 1.29 is 22.8 Å². The van der Waals surface area contributed by atoms with E-state index in [-0.39, 0.29) is 11.5 Å². The van der Waals surface area contributed by atoms with Crippen LogP contribution in [0.3, 0.4) is 0 Å². The minimum atomic E-state index is -0.694. The van der Waals surface area contributed by atoms with Crippen LogP contribution in [-0.4, -0.2) is 24.2 Å². The van der Waals surface area contributed by atoms with Crippen molar-refractivity contribution in [2.24, 2.45) is 10.2 Å². The molecule has 3 rings (SSSR count). The molecule has 3 aromatic rings. The molecule has 0 fully saturated rings. The van der Waals surface area contributed by atoms with Crippen LogP contribution in [0, 0.1) is 11.6 Å². The molecule has 2 amide bonds. The fraction of sp³-hybridized carbons (Fsp3) is 0. The zero-order valence-corrected chi connectivity index (χ0v) is 14.8. The second-order valence-corrected chi connectivity index (χ2v) is 5.67. The smallest absolute Gasteiger partial charge is 0.307 e. The van der Waals surface area contributed by atoms with Crippen LogP contribution in [0.25, 0.3) is 0 Å². The summed E-state index contributed by atoms with van der Waals surface area (Å²) >= 11 is 0. The largest absolute Gasteiger partial charge is 0.446 e. The number of halogens is 2. The summed E-state index contributed by atoms with van der Waals surface area (Å²) < 4.78 is 31.3. The van der Waals surface area contributed by atoms with Crippen LogP contribution in [0.5, 0.6) is 0 Å². The molecule has 9 heteroatoms. The van der Waals surface area contributed by atoms with E-state index in [0.29, 0.717) is 11.1 Å². The zero-order chi connectivity index (χ0) is 20.6. The number of hydrogen-bond donors (Lipinski definition) is 2. The predicted molar refractivity (Wildman–Crippen MR) is 102 cm³/mol. The van der Waals surface area contributed by atoms with Crippen LogP contribution in [0.15, 0.2) is 75.3 Å². The normalized spacial score (nSPS) is 11.1. The Morgan fingerprint density at radius 1 is 0.759 bits per heavy atom. The van der Waals surface area contributed by atoms with Crippen LogP contribution in [-0.2, 0) is 0 Å². The number of hydrogen-bond acceptors (Lipinski definition) is 5. The number of carbonyl (C=O) groups excluding carboxylic acids is 2. The van der Waals surface area contributed by atoms with Gasteiger partial charge >= 0.3 is 11.8 Å². The first-order valence-corrected chi connectivity index (χ1v) is 8.29. The van der Waals surface area contributed by atoms with Gasteiger partial charge in [-0.25, -0.2) is 19.6 Å². The van der Waals surface area contributed by atoms with E-state index in [2.05, 4.69) is 21.1 Å². The molecule has 2 N–H and O–H groups in total. The van der Waals surface area contributed by atoms with Gasteiger partial charge in [-0.1, -0.05) is 24.3 Å². The van der Waals surface area contributed by atoms with E-state index in [9.17, 15) is 18.4 Å². The second kappa shape index (κ2) is 9.18. The van der Waals surface area contributed by atoms with E-state index in [1.807, 2.05) is 0 Å². The molecule has 0 saturated carbocycles. The highest BCUT2D eigenvalue weighted by Crippen LogP contribution is 2.08. The first kappa shape index (κ1) is 19.6. The van der Waals surface area contributed by atoms with Gasteiger partial charge in [-0.3, -0.25) is 9.59 Å². The van der Waals surface area contributed by atoms with E-state index in [4.69, 9.17) is 4.42 Å². The van der Waals surface area contributed by atoms with Crippen LogP contribution < -0.4 is 10.9 Å². The number of furan rings is 1. The Morgan fingerprint density at radius 2 is 1.21 bits per heavy atom. The van der Waals surface area contributed by atoms with Crippen molar-refractivity contribution in [3.63, 3.8) is 0 Å². The fourth-order valence-corrected chi connectivity index (χ4v) is 2.20. The summed E-state index contributed by atoms with van der Waals surface area (Å²) in [6, 6.07) is 13.9. The molecular weight excluding hydrogens is 382 g/mol. The van der Waals surface area contributed by atoms with Gasteiger partial charge in [0.25, 0.3) is 0 Å². The van der Waals surface area contributed by atoms with E-state index >= 15 is 0 Å². The van der Waals surface area contributed by atoms with Crippen molar-refractivity contribution in [2.75, 3.05) is 0 Å². The molecule has 7 nitrogen and oxygen atoms in total. The first-order valence-electron chi connectivity index (χ1n) is 8.29. The monoisotopic (exact) mass is 396 g/mol. The third-order valence-electron chi connectivity index (χ3n) is 3.51. The average Bonchev–Trinajstić information content (AvgIpc) is 3.18. The third-order valence-corrected chi connectivity index (χ3v) is 3.51. The van der Waals surface area contributed by atoms with Crippen LogP contribution in [0.2, 0.25) is 0 Å². The molecular formula is C20H14F2N4O3. The Hall–Kier alpha value is -4.14. The van der Waals surface area contributed by atoms with Gasteiger partial charge in [0.1, 0.15) is 11.6 Å². The highest BCUT2D eigenvalue weighted by atomic mass is 19.1. The lowest BCUT2D eigenvalue weighted by molar-refractivity contribution is 0.0902. The van der Waals surface area contributed by atoms with Crippen molar-refractivity contribution in [2.45, 2.75) is 0 Å². The number of hydrazone groups is 2. The Labute approximate surface area is 163 Å². The SMILES string of the molecule is O=C(N/N=C/c1cccc(F)c1)c1ccc(C(=O)N/N=C/c2cccc(F)c2)o1. The first-order chi connectivity index (χ1) is 14.0. The molecule has 0 radical (unpaired) electrons. The maximum Gasteiger partial charge on any atom is 0.307 e. The van der Waals surface area contributed by atoms with Crippen LogP contribution in [0.1, 0.15) is 32.2 Å². The van der Waals surface area contributed by atoms with Gasteiger partial charge < -0.3 is 4.42 Å². The van der Waals surface area contributed by atoms with Crippen LogP contribution >= 0.6 is 0 Å². The number of rotatable bonds is 6. The summed E-state index contributed by atoms with van der Waals surface area (Å²) in [5.74, 6) is -2.55. The van der Waals surface area contributed by atoms with E-state index in [1.165, 1.54) is 61.0 Å². The summed E-state index contributed by atoms with van der Waals surface area (Å²) in [6.07, 6.45) is 2.53. The quantitative estimate of drug-likeness (QED) is 0.495. The molecule has 0 aliphatic carbocycles. The Bertz CT molecular complexity index is 1010. The highest BCUT2D eigenvalue weighted by Gasteiger charge is 2.15. The summed E-state index contributed by atoms with van der Waals surface area (Å²) in [5.41, 5.74) is 5.33. The molecule has 1 aromatic heterocycles. The number of nitrogens with one attached hydrogen (secondary N) is 2. The van der Waals surface area contributed by atoms with E-state index in [0.717, 1.165) is 0 Å². The molecule has 0 spiro atoms. The van der Waals surface area contributed by atoms with Crippen molar-refractivity contribution in [3.05, 3.63) is 94.9 Å². The summed E-state index contributed by atoms with van der Waals surface area (Å²) in [7, 11) is 0. The summed E-state index contributed by atoms with van der Waals surface area (Å²) in [4.78, 5) is 24.0. The lowest BCUT2D eigenvalue weighted by Gasteiger charge is -1.98. The molecule has 0 bridgehead atoms. The molecule has 0 aliphatic rings. The van der Waals surface area contributed by atoms with Crippen molar-refractivity contribution in [3.8, 4) is 0 Å². The number of amides is 2. The minimum absolute atomic E-state index is 0.152. The zero-order valence-electron chi connectivity index (χ0n) is 14.8. The van der Waals surface area contributed by atoms with Crippen molar-refractivity contribution >= 4 is 24.2 Å². The molecule has 1 heterocycles. The Morgan fingerprint density at radius 3 is 1.62 bits per heavy atom. The van der Waals surface area contributed by atoms with Crippen LogP contribution in [0.4, 0.5) is 8.78 Å². The maximum atomic E-state index is 13.1. The van der Waals surface area contributed by atoms with Gasteiger partial charge in [-0.05, 0) is 47.5 Å². The van der Waals surface area contributed by atoms with Gasteiger partial charge in [-0.2, -0.15) is 10.2 Å².